The third-order valence-electron chi connectivity index (χ3n) is 4.33. The summed E-state index contributed by atoms with van der Waals surface area (Å²) in [5.74, 6) is 6.37. The van der Waals surface area contributed by atoms with Gasteiger partial charge in [-0.05, 0) is 43.3 Å². The van der Waals surface area contributed by atoms with Crippen LogP contribution in [0, 0.1) is 17.1 Å². The number of ether oxygens (including phenoxy) is 1. The van der Waals surface area contributed by atoms with E-state index in [1.807, 2.05) is 30.3 Å². The molecule has 1 heterocycles. The minimum absolute atomic E-state index is 0.0380. The number of anilines is 1. The predicted octanol–water partition coefficient (Wildman–Crippen LogP) is 3.14. The van der Waals surface area contributed by atoms with Gasteiger partial charge in [-0.2, -0.15) is 5.26 Å². The van der Waals surface area contributed by atoms with Crippen molar-refractivity contribution in [3.8, 4) is 11.8 Å². The Balaban J connectivity index is 1.66. The predicted molar refractivity (Wildman–Crippen MR) is 115 cm³/mol. The first-order valence-electron chi connectivity index (χ1n) is 9.47. The Labute approximate surface area is 183 Å². The summed E-state index contributed by atoms with van der Waals surface area (Å²) in [5, 5.41) is 16.8. The van der Waals surface area contributed by atoms with Gasteiger partial charge in [0.25, 0.3) is 0 Å². The van der Waals surface area contributed by atoms with Gasteiger partial charge >= 0.3 is 0 Å². The lowest BCUT2D eigenvalue weighted by atomic mass is 10.2. The van der Waals surface area contributed by atoms with Crippen molar-refractivity contribution in [1.29, 1.82) is 5.26 Å². The number of amides is 1. The quantitative estimate of drug-likeness (QED) is 0.402. The van der Waals surface area contributed by atoms with Gasteiger partial charge in [0.2, 0.25) is 11.1 Å². The minimum Gasteiger partial charge on any atom is -0.486 e. The summed E-state index contributed by atoms with van der Waals surface area (Å²) in [6, 6.07) is 16.8. The molecule has 2 aromatic carbocycles. The zero-order valence-corrected chi connectivity index (χ0v) is 17.6. The van der Waals surface area contributed by atoms with Gasteiger partial charge in [-0.3, -0.25) is 4.79 Å². The number of rotatable bonds is 9. The lowest BCUT2D eigenvalue weighted by Crippen LogP contribution is -2.37. The van der Waals surface area contributed by atoms with E-state index in [1.54, 1.807) is 11.8 Å². The van der Waals surface area contributed by atoms with Gasteiger partial charge < -0.3 is 15.5 Å². The van der Waals surface area contributed by atoms with E-state index in [0.717, 1.165) is 17.4 Å². The van der Waals surface area contributed by atoms with Crippen LogP contribution in [0.2, 0.25) is 0 Å². The smallest absolute Gasteiger partial charge is 0.240 e. The highest BCUT2D eigenvalue weighted by molar-refractivity contribution is 8.00. The maximum absolute atomic E-state index is 13.1. The SMILES string of the molecule is CC(Sc1nnc(COc2ccc(F)cc2)n1N)C(=O)N(CCC#N)c1ccccc1. The van der Waals surface area contributed by atoms with Crippen LogP contribution < -0.4 is 15.5 Å². The van der Waals surface area contributed by atoms with Crippen LogP contribution in [0.1, 0.15) is 19.2 Å². The van der Waals surface area contributed by atoms with E-state index >= 15 is 0 Å². The first-order valence-corrected chi connectivity index (χ1v) is 10.4. The monoisotopic (exact) mass is 440 g/mol. The fourth-order valence-corrected chi connectivity index (χ4v) is 3.58. The molecule has 0 bridgehead atoms. The molecule has 0 fully saturated rings. The number of carbonyl (C=O) groups is 1. The van der Waals surface area contributed by atoms with Gasteiger partial charge in [-0.25, -0.2) is 9.07 Å². The number of hydrogen-bond acceptors (Lipinski definition) is 7. The zero-order chi connectivity index (χ0) is 22.2. The van der Waals surface area contributed by atoms with Crippen LogP contribution in [-0.2, 0) is 11.4 Å². The zero-order valence-electron chi connectivity index (χ0n) is 16.8. The first kappa shape index (κ1) is 22.1. The Kier molecular flexibility index (Phi) is 7.45. The van der Waals surface area contributed by atoms with Gasteiger partial charge in [-0.1, -0.05) is 30.0 Å². The molecular formula is C21H21FN6O2S. The number of thioether (sulfide) groups is 1. The molecule has 0 radical (unpaired) electrons. The second kappa shape index (κ2) is 10.4. The maximum Gasteiger partial charge on any atom is 0.240 e. The van der Waals surface area contributed by atoms with Crippen molar-refractivity contribution < 1.29 is 13.9 Å². The third-order valence-corrected chi connectivity index (χ3v) is 5.37. The van der Waals surface area contributed by atoms with Crippen LogP contribution in [0.25, 0.3) is 0 Å². The Morgan fingerprint density at radius 2 is 1.97 bits per heavy atom. The third kappa shape index (κ3) is 5.73. The summed E-state index contributed by atoms with van der Waals surface area (Å²) < 4.78 is 19.8. The number of aromatic nitrogens is 3. The Hall–Kier alpha value is -3.58. The van der Waals surface area contributed by atoms with E-state index in [-0.39, 0.29) is 31.3 Å². The molecular weight excluding hydrogens is 419 g/mol. The van der Waals surface area contributed by atoms with Gasteiger partial charge in [0.05, 0.1) is 17.7 Å². The van der Waals surface area contributed by atoms with E-state index in [0.29, 0.717) is 16.7 Å². The molecule has 3 aromatic rings. The van der Waals surface area contributed by atoms with Crippen molar-refractivity contribution in [1.82, 2.24) is 14.9 Å². The van der Waals surface area contributed by atoms with Crippen LogP contribution in [0.5, 0.6) is 5.75 Å². The van der Waals surface area contributed by atoms with Crippen molar-refractivity contribution in [3.05, 3.63) is 66.2 Å². The number of nitriles is 1. The molecule has 1 aromatic heterocycles. The average Bonchev–Trinajstić information content (AvgIpc) is 3.13. The highest BCUT2D eigenvalue weighted by atomic mass is 32.2. The first-order chi connectivity index (χ1) is 15.0. The molecule has 31 heavy (non-hydrogen) atoms. The van der Waals surface area contributed by atoms with Crippen LogP contribution >= 0.6 is 11.8 Å². The Morgan fingerprint density at radius 3 is 2.65 bits per heavy atom. The van der Waals surface area contributed by atoms with E-state index in [1.165, 1.54) is 28.9 Å². The summed E-state index contributed by atoms with van der Waals surface area (Å²) in [5.41, 5.74) is 0.720. The molecule has 8 nitrogen and oxygen atoms in total. The van der Waals surface area contributed by atoms with Gasteiger partial charge in [0.15, 0.2) is 5.82 Å². The van der Waals surface area contributed by atoms with Crippen LogP contribution in [0.4, 0.5) is 10.1 Å². The number of benzene rings is 2. The lowest BCUT2D eigenvalue weighted by molar-refractivity contribution is -0.117. The highest BCUT2D eigenvalue weighted by Gasteiger charge is 2.25. The van der Waals surface area contributed by atoms with Crippen LogP contribution in [0.15, 0.2) is 59.8 Å². The van der Waals surface area contributed by atoms with Crippen molar-refractivity contribution in [2.45, 2.75) is 30.4 Å². The number of halogens is 1. The topological polar surface area (TPSA) is 110 Å². The molecule has 0 spiro atoms. The highest BCUT2D eigenvalue weighted by Crippen LogP contribution is 2.25. The van der Waals surface area contributed by atoms with Crippen LogP contribution in [0.3, 0.4) is 0 Å². The summed E-state index contributed by atoms with van der Waals surface area (Å²) in [4.78, 5) is 14.6. The maximum atomic E-state index is 13.1. The molecule has 0 aliphatic rings. The number of para-hydroxylation sites is 1. The van der Waals surface area contributed by atoms with Crippen molar-refractivity contribution in [2.24, 2.45) is 0 Å². The standard InChI is InChI=1S/C21H21FN6O2S/c1-15(20(29)27(13-5-12-23)17-6-3-2-4-7-17)31-21-26-25-19(28(21)24)14-30-18-10-8-16(22)9-11-18/h2-4,6-11,15H,5,13-14,24H2,1H3. The Morgan fingerprint density at radius 1 is 1.26 bits per heavy atom. The van der Waals surface area contributed by atoms with Crippen molar-refractivity contribution in [2.75, 3.05) is 17.3 Å². The number of nitrogens with zero attached hydrogens (tertiary/aromatic N) is 5. The normalized spacial score (nSPS) is 11.5. The average molecular weight is 441 g/mol. The largest absolute Gasteiger partial charge is 0.486 e. The molecule has 0 saturated carbocycles. The summed E-state index contributed by atoms with van der Waals surface area (Å²) in [6.07, 6.45) is 0.218. The summed E-state index contributed by atoms with van der Waals surface area (Å²) in [6.45, 7) is 2.07. The lowest BCUT2D eigenvalue weighted by Gasteiger charge is -2.24. The minimum atomic E-state index is -0.517. The number of nitrogens with two attached hydrogens (primary N) is 1. The molecule has 3 rings (SSSR count). The van der Waals surface area contributed by atoms with E-state index in [9.17, 15) is 9.18 Å². The molecule has 1 atom stereocenters. The second-order valence-electron chi connectivity index (χ2n) is 6.51. The van der Waals surface area contributed by atoms with Crippen molar-refractivity contribution >= 4 is 23.4 Å². The number of hydrogen-bond donors (Lipinski definition) is 1. The fourth-order valence-electron chi connectivity index (χ4n) is 2.73. The number of nitrogen functional groups attached to an aromatic ring is 1. The van der Waals surface area contributed by atoms with E-state index in [4.69, 9.17) is 15.8 Å². The molecule has 0 aliphatic carbocycles. The van der Waals surface area contributed by atoms with Gasteiger partial charge in [-0.15, -0.1) is 10.2 Å². The molecule has 2 N–H and O–H groups in total. The van der Waals surface area contributed by atoms with E-state index in [2.05, 4.69) is 16.3 Å². The Bertz CT molecular complexity index is 1050. The summed E-state index contributed by atoms with van der Waals surface area (Å²) >= 11 is 1.16. The molecule has 1 unspecified atom stereocenters. The van der Waals surface area contributed by atoms with Crippen LogP contribution in [-0.4, -0.2) is 32.6 Å². The fraction of sp³-hybridized carbons (Fsp3) is 0.238. The van der Waals surface area contributed by atoms with E-state index < -0.39 is 5.25 Å². The molecule has 0 aliphatic heterocycles. The number of carbonyl (C=O) groups excluding carboxylic acids is 1. The van der Waals surface area contributed by atoms with Crippen molar-refractivity contribution in [3.63, 3.8) is 0 Å². The molecule has 1 amide bonds. The summed E-state index contributed by atoms with van der Waals surface area (Å²) in [7, 11) is 0. The molecule has 160 valence electrons. The van der Waals surface area contributed by atoms with Gasteiger partial charge in [0.1, 0.15) is 18.2 Å². The molecule has 0 saturated heterocycles. The van der Waals surface area contributed by atoms with Gasteiger partial charge in [0, 0.05) is 12.2 Å². The second-order valence-corrected chi connectivity index (χ2v) is 7.81. The molecule has 10 heteroatoms.